The van der Waals surface area contributed by atoms with Crippen LogP contribution in [-0.4, -0.2) is 21.6 Å². The van der Waals surface area contributed by atoms with Gasteiger partial charge in [0.25, 0.3) is 0 Å². The Bertz CT molecular complexity index is 926. The van der Waals surface area contributed by atoms with E-state index in [0.29, 0.717) is 22.3 Å². The molecule has 1 atom stereocenters. The van der Waals surface area contributed by atoms with Crippen LogP contribution < -0.4 is 4.74 Å². The normalized spacial score (nSPS) is 17.8. The zero-order chi connectivity index (χ0) is 17.4. The van der Waals surface area contributed by atoms with Crippen molar-refractivity contribution in [2.24, 2.45) is 0 Å². The molecule has 1 aliphatic heterocycles. The molecule has 4 rings (SSSR count). The summed E-state index contributed by atoms with van der Waals surface area (Å²) in [6, 6.07) is 6.63. The third kappa shape index (κ3) is 3.23. The van der Waals surface area contributed by atoms with E-state index in [4.69, 9.17) is 9.47 Å². The van der Waals surface area contributed by atoms with E-state index in [-0.39, 0.29) is 12.0 Å². The molecule has 0 spiro atoms. The first-order chi connectivity index (χ1) is 12.1. The van der Waals surface area contributed by atoms with Crippen LogP contribution in [0.3, 0.4) is 0 Å². The van der Waals surface area contributed by atoms with Crippen LogP contribution in [0.2, 0.25) is 0 Å². The van der Waals surface area contributed by atoms with E-state index in [1.165, 1.54) is 6.07 Å². The first-order valence-corrected chi connectivity index (χ1v) is 8.70. The quantitative estimate of drug-likeness (QED) is 0.612. The second-order valence-electron chi connectivity index (χ2n) is 5.80. The molecular weight excluding hydrogens is 396 g/mol. The van der Waals surface area contributed by atoms with Gasteiger partial charge in [-0.1, -0.05) is 5.21 Å². The summed E-state index contributed by atoms with van der Waals surface area (Å²) in [4.78, 5) is 0. The van der Waals surface area contributed by atoms with E-state index in [1.54, 1.807) is 10.7 Å². The molecule has 2 aromatic carbocycles. The van der Waals surface area contributed by atoms with E-state index < -0.39 is 11.6 Å². The molecule has 1 aliphatic rings. The minimum atomic E-state index is -0.772. The predicted molar refractivity (Wildman–Crippen MR) is 90.5 cm³/mol. The first kappa shape index (κ1) is 16.4. The van der Waals surface area contributed by atoms with Crippen LogP contribution in [0.5, 0.6) is 11.5 Å². The Hall–Kier alpha value is -2.06. The molecule has 0 N–H and O–H groups in total. The summed E-state index contributed by atoms with van der Waals surface area (Å²) in [5.41, 5.74) is 1.40. The average molecular weight is 410 g/mol. The lowest BCUT2D eigenvalue weighted by Crippen LogP contribution is -2.19. The highest BCUT2D eigenvalue weighted by molar-refractivity contribution is 9.10. The molecule has 1 saturated heterocycles. The topological polar surface area (TPSA) is 49.2 Å². The maximum absolute atomic E-state index is 13.8. The number of halogens is 3. The Morgan fingerprint density at radius 1 is 1.16 bits per heavy atom. The lowest BCUT2D eigenvalue weighted by Gasteiger charge is -2.22. The van der Waals surface area contributed by atoms with Crippen molar-refractivity contribution in [1.29, 1.82) is 0 Å². The van der Waals surface area contributed by atoms with Gasteiger partial charge in [-0.3, -0.25) is 0 Å². The van der Waals surface area contributed by atoms with Gasteiger partial charge in [-0.15, -0.1) is 5.10 Å². The van der Waals surface area contributed by atoms with Gasteiger partial charge in [0, 0.05) is 18.7 Å². The van der Waals surface area contributed by atoms with Crippen molar-refractivity contribution < 1.29 is 18.3 Å². The van der Waals surface area contributed by atoms with E-state index in [2.05, 4.69) is 26.2 Å². The second-order valence-corrected chi connectivity index (χ2v) is 6.66. The third-order valence-corrected chi connectivity index (χ3v) is 4.69. The summed E-state index contributed by atoms with van der Waals surface area (Å²) in [5, 5.41) is 8.33. The number of hydrogen-bond donors (Lipinski definition) is 0. The molecule has 0 amide bonds. The molecule has 5 nitrogen and oxygen atoms in total. The van der Waals surface area contributed by atoms with Crippen LogP contribution in [0.15, 0.2) is 34.8 Å². The van der Waals surface area contributed by atoms with Gasteiger partial charge in [-0.2, -0.15) is 0 Å². The largest absolute Gasteiger partial charge is 0.453 e. The van der Waals surface area contributed by atoms with Crippen molar-refractivity contribution in [2.75, 3.05) is 6.61 Å². The van der Waals surface area contributed by atoms with Crippen LogP contribution in [-0.2, 0) is 4.74 Å². The molecule has 1 aromatic heterocycles. The molecule has 8 heteroatoms. The van der Waals surface area contributed by atoms with Crippen LogP contribution in [0.4, 0.5) is 8.78 Å². The number of rotatable bonds is 3. The Morgan fingerprint density at radius 3 is 2.80 bits per heavy atom. The molecule has 130 valence electrons. The fourth-order valence-electron chi connectivity index (χ4n) is 2.82. The van der Waals surface area contributed by atoms with Crippen molar-refractivity contribution in [2.45, 2.75) is 25.5 Å². The molecule has 1 unspecified atom stereocenters. The smallest absolute Gasteiger partial charge is 0.168 e. The van der Waals surface area contributed by atoms with E-state index in [9.17, 15) is 8.78 Å². The fourth-order valence-corrected chi connectivity index (χ4v) is 3.24. The number of hydrogen-bond acceptors (Lipinski definition) is 4. The maximum Gasteiger partial charge on any atom is 0.168 e. The van der Waals surface area contributed by atoms with E-state index >= 15 is 0 Å². The molecule has 0 saturated carbocycles. The van der Waals surface area contributed by atoms with Crippen molar-refractivity contribution in [3.63, 3.8) is 0 Å². The van der Waals surface area contributed by atoms with Crippen LogP contribution in [0.25, 0.3) is 11.0 Å². The van der Waals surface area contributed by atoms with Crippen molar-refractivity contribution in [3.8, 4) is 11.5 Å². The molecule has 2 heterocycles. The monoisotopic (exact) mass is 409 g/mol. The highest BCUT2D eigenvalue weighted by atomic mass is 79.9. The molecule has 0 radical (unpaired) electrons. The van der Waals surface area contributed by atoms with Gasteiger partial charge < -0.3 is 9.47 Å². The third-order valence-electron chi connectivity index (χ3n) is 4.07. The summed E-state index contributed by atoms with van der Waals surface area (Å²) in [7, 11) is 0. The molecule has 3 aromatic rings. The Morgan fingerprint density at radius 2 is 2.04 bits per heavy atom. The molecule has 0 aliphatic carbocycles. The van der Waals surface area contributed by atoms with Gasteiger partial charge >= 0.3 is 0 Å². The Kier molecular flexibility index (Phi) is 4.39. The highest BCUT2D eigenvalue weighted by Crippen LogP contribution is 2.35. The fraction of sp³-hybridized carbons (Fsp3) is 0.294. The van der Waals surface area contributed by atoms with Crippen LogP contribution >= 0.6 is 15.9 Å². The molecule has 0 bridgehead atoms. The summed E-state index contributed by atoms with van der Waals surface area (Å²) < 4.78 is 40.5. The van der Waals surface area contributed by atoms with E-state index in [0.717, 1.165) is 36.9 Å². The number of benzene rings is 2. The zero-order valence-electron chi connectivity index (χ0n) is 13.1. The van der Waals surface area contributed by atoms with Gasteiger partial charge in [0.15, 0.2) is 17.8 Å². The number of aromatic nitrogens is 3. The van der Waals surface area contributed by atoms with Crippen LogP contribution in [0.1, 0.15) is 25.5 Å². The number of fused-ring (bicyclic) bond motifs is 1. The Balaban J connectivity index is 1.68. The lowest BCUT2D eigenvalue weighted by atomic mass is 10.2. The molecular formula is C17H14BrF2N3O2. The minimum Gasteiger partial charge on any atom is -0.453 e. The number of ether oxygens (including phenoxy) is 2. The predicted octanol–water partition coefficient (Wildman–Crippen LogP) is 4.96. The zero-order valence-corrected chi connectivity index (χ0v) is 14.7. The number of nitrogens with zero attached hydrogens (tertiary/aromatic N) is 3. The van der Waals surface area contributed by atoms with Crippen molar-refractivity contribution in [1.82, 2.24) is 15.0 Å². The molecule has 25 heavy (non-hydrogen) atoms. The van der Waals surface area contributed by atoms with Crippen molar-refractivity contribution in [3.05, 3.63) is 46.4 Å². The van der Waals surface area contributed by atoms with Gasteiger partial charge in [0.2, 0.25) is 0 Å². The summed E-state index contributed by atoms with van der Waals surface area (Å²) >= 11 is 3.43. The summed E-state index contributed by atoms with van der Waals surface area (Å²) in [6.45, 7) is 0.707. The highest BCUT2D eigenvalue weighted by Gasteiger charge is 2.21. The van der Waals surface area contributed by atoms with Crippen LogP contribution in [0, 0.1) is 11.6 Å². The van der Waals surface area contributed by atoms with Gasteiger partial charge in [-0.25, -0.2) is 13.5 Å². The maximum atomic E-state index is 13.8. The van der Waals surface area contributed by atoms with Gasteiger partial charge in [-0.05, 0) is 53.4 Å². The average Bonchev–Trinajstić information content (AvgIpc) is 3.01. The van der Waals surface area contributed by atoms with Gasteiger partial charge in [0.1, 0.15) is 17.1 Å². The summed E-state index contributed by atoms with van der Waals surface area (Å²) in [5.74, 6) is -1.12. The minimum absolute atomic E-state index is 0.0653. The summed E-state index contributed by atoms with van der Waals surface area (Å²) in [6.07, 6.45) is 2.88. The first-order valence-electron chi connectivity index (χ1n) is 7.91. The SMILES string of the molecule is Fc1ccc(Oc2cc3nnn(C4CCCCO4)c3cc2Br)c(F)c1. The second kappa shape index (κ2) is 6.68. The molecule has 1 fully saturated rings. The van der Waals surface area contributed by atoms with Gasteiger partial charge in [0.05, 0.1) is 9.99 Å². The Labute approximate surface area is 150 Å². The van der Waals surface area contributed by atoms with E-state index in [1.807, 2.05) is 6.07 Å². The van der Waals surface area contributed by atoms with Crippen molar-refractivity contribution >= 4 is 27.0 Å². The standard InChI is InChI=1S/C17H14BrF2N3O2/c18-11-8-14-13(21-22-23(14)17-3-1-2-6-24-17)9-16(11)25-15-5-4-10(19)7-12(15)20/h4-5,7-9,17H,1-3,6H2. The lowest BCUT2D eigenvalue weighted by molar-refractivity contribution is -0.0377.